The summed E-state index contributed by atoms with van der Waals surface area (Å²) in [4.78, 5) is 41.6. The van der Waals surface area contributed by atoms with E-state index in [1.165, 1.54) is 6.92 Å². The lowest BCUT2D eigenvalue weighted by Gasteiger charge is -2.15. The van der Waals surface area contributed by atoms with Crippen LogP contribution >= 0.6 is 11.6 Å². The van der Waals surface area contributed by atoms with Crippen molar-refractivity contribution in [2.24, 2.45) is 12.2 Å². The Morgan fingerprint density at radius 3 is 2.43 bits per heavy atom. The maximum absolute atomic E-state index is 14.5. The largest absolute Gasteiger partial charge is 0.460 e. The summed E-state index contributed by atoms with van der Waals surface area (Å²) >= 11 is 5.96. The molecule has 0 saturated carbocycles. The van der Waals surface area contributed by atoms with Crippen molar-refractivity contribution in [2.45, 2.75) is 39.2 Å². The van der Waals surface area contributed by atoms with Gasteiger partial charge in [-0.1, -0.05) is 16.8 Å². The van der Waals surface area contributed by atoms with Crippen LogP contribution < -0.4 is 11.2 Å². The molecule has 0 spiro atoms. The molecule has 2 aromatic rings. The predicted octanol–water partition coefficient (Wildman–Crippen LogP) is 3.05. The molecule has 0 aliphatic heterocycles. The highest BCUT2D eigenvalue weighted by Crippen LogP contribution is 2.27. The fourth-order valence-corrected chi connectivity index (χ4v) is 2.91. The standard InChI is InChI=1S/C21H22ClF4N3O6/c1-11(2)33-5-6-34-19(31)12(3)35-27-10-13-7-16(15(23)8-14(13)22)29-18(30)9-17(21(24,25)26)28(4)20(29)32/h7-12H,5-6H2,1-4H3/b27-10+. The molecule has 0 aliphatic rings. The van der Waals surface area contributed by atoms with Gasteiger partial charge in [0.15, 0.2) is 0 Å². The quantitative estimate of drug-likeness (QED) is 0.165. The third-order valence-electron chi connectivity index (χ3n) is 4.44. The number of hydrogen-bond donors (Lipinski definition) is 0. The number of esters is 1. The van der Waals surface area contributed by atoms with Crippen molar-refractivity contribution in [3.8, 4) is 5.69 Å². The van der Waals surface area contributed by atoms with E-state index in [1.54, 1.807) is 0 Å². The van der Waals surface area contributed by atoms with E-state index < -0.39 is 46.7 Å². The average Bonchev–Trinajstić information content (AvgIpc) is 2.75. The Hall–Kier alpha value is -3.19. The maximum Gasteiger partial charge on any atom is 0.431 e. The molecule has 35 heavy (non-hydrogen) atoms. The molecule has 0 fully saturated rings. The first-order valence-corrected chi connectivity index (χ1v) is 10.5. The number of oxime groups is 1. The number of ether oxygens (including phenoxy) is 2. The highest BCUT2D eigenvalue weighted by Gasteiger charge is 2.35. The minimum Gasteiger partial charge on any atom is -0.460 e. The van der Waals surface area contributed by atoms with Crippen LogP contribution in [0.1, 0.15) is 32.0 Å². The number of nitrogens with zero attached hydrogens (tertiary/aromatic N) is 3. The van der Waals surface area contributed by atoms with Gasteiger partial charge in [-0.25, -0.2) is 18.5 Å². The van der Waals surface area contributed by atoms with Gasteiger partial charge in [-0.05, 0) is 32.9 Å². The Morgan fingerprint density at radius 2 is 1.83 bits per heavy atom. The molecule has 1 aromatic heterocycles. The number of carbonyl (C=O) groups is 1. The monoisotopic (exact) mass is 523 g/mol. The van der Waals surface area contributed by atoms with Crippen LogP contribution in [0.15, 0.2) is 32.9 Å². The number of hydrogen-bond acceptors (Lipinski definition) is 7. The van der Waals surface area contributed by atoms with Crippen LogP contribution in [0, 0.1) is 5.82 Å². The third-order valence-corrected chi connectivity index (χ3v) is 4.77. The highest BCUT2D eigenvalue weighted by molar-refractivity contribution is 6.33. The molecule has 0 bridgehead atoms. The van der Waals surface area contributed by atoms with Gasteiger partial charge >= 0.3 is 17.8 Å². The van der Waals surface area contributed by atoms with Crippen molar-refractivity contribution in [1.82, 2.24) is 9.13 Å². The first-order chi connectivity index (χ1) is 16.2. The predicted molar refractivity (Wildman–Crippen MR) is 117 cm³/mol. The first kappa shape index (κ1) is 28.1. The van der Waals surface area contributed by atoms with Crippen LogP contribution in [0.2, 0.25) is 5.02 Å². The zero-order chi connectivity index (χ0) is 26.5. The second kappa shape index (κ2) is 11.5. The number of halogens is 5. The van der Waals surface area contributed by atoms with Gasteiger partial charge < -0.3 is 14.3 Å². The van der Waals surface area contributed by atoms with Crippen LogP contribution in [0.4, 0.5) is 17.6 Å². The second-order valence-corrected chi connectivity index (χ2v) is 7.84. The van der Waals surface area contributed by atoms with Gasteiger partial charge in [-0.2, -0.15) is 13.2 Å². The van der Waals surface area contributed by atoms with Crippen molar-refractivity contribution < 1.29 is 36.7 Å². The zero-order valence-corrected chi connectivity index (χ0v) is 19.8. The van der Waals surface area contributed by atoms with Crippen LogP contribution in [-0.2, 0) is 32.3 Å². The molecule has 1 unspecified atom stereocenters. The Bertz CT molecular complexity index is 1220. The van der Waals surface area contributed by atoms with Crippen LogP contribution in [-0.4, -0.2) is 46.7 Å². The van der Waals surface area contributed by atoms with Crippen molar-refractivity contribution in [3.63, 3.8) is 0 Å². The molecule has 1 atom stereocenters. The molecule has 0 saturated heterocycles. The van der Waals surface area contributed by atoms with Crippen molar-refractivity contribution in [3.05, 3.63) is 61.1 Å². The van der Waals surface area contributed by atoms with E-state index in [2.05, 4.69) is 5.16 Å². The fourth-order valence-electron chi connectivity index (χ4n) is 2.71. The van der Waals surface area contributed by atoms with E-state index in [0.717, 1.165) is 25.4 Å². The number of rotatable bonds is 9. The summed E-state index contributed by atoms with van der Waals surface area (Å²) in [6, 6.07) is 1.84. The zero-order valence-electron chi connectivity index (χ0n) is 19.1. The minimum atomic E-state index is -4.97. The van der Waals surface area contributed by atoms with Gasteiger partial charge in [0.1, 0.15) is 18.1 Å². The summed E-state index contributed by atoms with van der Waals surface area (Å²) in [5.41, 5.74) is -5.04. The van der Waals surface area contributed by atoms with E-state index in [4.69, 9.17) is 25.9 Å². The van der Waals surface area contributed by atoms with Gasteiger partial charge in [-0.15, -0.1) is 0 Å². The topological polar surface area (TPSA) is 101 Å². The molecule has 1 aromatic carbocycles. The van der Waals surface area contributed by atoms with E-state index in [-0.39, 0.29) is 45.1 Å². The van der Waals surface area contributed by atoms with E-state index in [0.29, 0.717) is 0 Å². The normalized spacial score (nSPS) is 12.9. The SMILES string of the molecule is CC(C)OCCOC(=O)C(C)O/N=C/c1cc(-n2c(=O)cc(C(F)(F)F)n(C)c2=O)c(F)cc1Cl. The summed E-state index contributed by atoms with van der Waals surface area (Å²) in [6.07, 6.45) is -5.17. The van der Waals surface area contributed by atoms with Crippen molar-refractivity contribution >= 4 is 23.8 Å². The lowest BCUT2D eigenvalue weighted by Crippen LogP contribution is -2.41. The Balaban J connectivity index is 2.27. The molecule has 2 rings (SSSR count). The smallest absolute Gasteiger partial charge is 0.431 e. The molecule has 192 valence electrons. The summed E-state index contributed by atoms with van der Waals surface area (Å²) in [6.45, 7) is 5.18. The van der Waals surface area contributed by atoms with E-state index in [1.807, 2.05) is 13.8 Å². The summed E-state index contributed by atoms with van der Waals surface area (Å²) in [7, 11) is 0.792. The van der Waals surface area contributed by atoms with Gasteiger partial charge in [0.2, 0.25) is 6.10 Å². The molecule has 9 nitrogen and oxygen atoms in total. The number of benzene rings is 1. The Labute approximate surface area is 201 Å². The number of alkyl halides is 3. The summed E-state index contributed by atoms with van der Waals surface area (Å²) < 4.78 is 64.3. The number of carbonyl (C=O) groups excluding carboxylic acids is 1. The Morgan fingerprint density at radius 1 is 1.17 bits per heavy atom. The van der Waals surface area contributed by atoms with Gasteiger partial charge in [0, 0.05) is 18.7 Å². The summed E-state index contributed by atoms with van der Waals surface area (Å²) in [5, 5.41) is 3.36. The van der Waals surface area contributed by atoms with E-state index in [9.17, 15) is 31.9 Å². The molecule has 14 heteroatoms. The fraction of sp³-hybridized carbons (Fsp3) is 0.429. The van der Waals surface area contributed by atoms with Gasteiger partial charge in [0.05, 0.1) is 29.6 Å². The Kier molecular flexibility index (Phi) is 9.21. The molecule has 0 N–H and O–H groups in total. The van der Waals surface area contributed by atoms with Crippen LogP contribution in [0.3, 0.4) is 0 Å². The van der Waals surface area contributed by atoms with Crippen molar-refractivity contribution in [2.75, 3.05) is 13.2 Å². The van der Waals surface area contributed by atoms with E-state index >= 15 is 0 Å². The first-order valence-electron chi connectivity index (χ1n) is 10.1. The molecule has 0 amide bonds. The lowest BCUT2D eigenvalue weighted by atomic mass is 10.2. The highest BCUT2D eigenvalue weighted by atomic mass is 35.5. The molecule has 1 heterocycles. The lowest BCUT2D eigenvalue weighted by molar-refractivity contribution is -0.157. The minimum absolute atomic E-state index is 0.00157. The number of aromatic nitrogens is 2. The molecule has 0 radical (unpaired) electrons. The van der Waals surface area contributed by atoms with Crippen LogP contribution in [0.5, 0.6) is 0 Å². The van der Waals surface area contributed by atoms with Gasteiger partial charge in [-0.3, -0.25) is 9.36 Å². The molecule has 0 aliphatic carbocycles. The second-order valence-electron chi connectivity index (χ2n) is 7.44. The molecular formula is C21H22ClF4N3O6. The maximum atomic E-state index is 14.5. The van der Waals surface area contributed by atoms with Crippen LogP contribution in [0.25, 0.3) is 5.69 Å². The van der Waals surface area contributed by atoms with Crippen molar-refractivity contribution in [1.29, 1.82) is 0 Å². The average molecular weight is 524 g/mol. The van der Waals surface area contributed by atoms with Gasteiger partial charge in [0.25, 0.3) is 5.56 Å². The molecular weight excluding hydrogens is 502 g/mol. The summed E-state index contributed by atoms with van der Waals surface area (Å²) in [5.74, 6) is -1.88. The third kappa shape index (κ3) is 7.15.